The smallest absolute Gasteiger partial charge is 0.317 e. The van der Waals surface area contributed by atoms with E-state index in [1.807, 2.05) is 30.3 Å². The van der Waals surface area contributed by atoms with Crippen LogP contribution >= 0.6 is 0 Å². The second kappa shape index (κ2) is 5.98. The molecule has 1 amide bonds. The highest BCUT2D eigenvalue weighted by molar-refractivity contribution is 6.21. The van der Waals surface area contributed by atoms with E-state index in [-0.39, 0.29) is 24.7 Å². The van der Waals surface area contributed by atoms with Crippen LogP contribution in [0.2, 0.25) is 0 Å². The van der Waals surface area contributed by atoms with Gasteiger partial charge in [-0.15, -0.1) is 0 Å². The summed E-state index contributed by atoms with van der Waals surface area (Å²) in [5.41, 5.74) is 3.73. The number of carbonyl (C=O) groups is 1. The van der Waals surface area contributed by atoms with Crippen LogP contribution in [0.1, 0.15) is 16.7 Å². The van der Waals surface area contributed by atoms with Gasteiger partial charge in [0.1, 0.15) is 6.54 Å². The van der Waals surface area contributed by atoms with Gasteiger partial charge in [0.25, 0.3) is 5.91 Å². The number of fused-ring (bicyclic) bond motifs is 3. The highest BCUT2D eigenvalue weighted by atomic mass is 19.4. The molecular formula is C18H13F3N4O. The number of aliphatic imine (C=N–C) groups is 1. The van der Waals surface area contributed by atoms with Crippen molar-refractivity contribution in [3.8, 4) is 0 Å². The first-order valence-corrected chi connectivity index (χ1v) is 7.88. The number of carbonyl (C=O) groups excluding carboxylic acids is 1. The maximum atomic E-state index is 13.2. The van der Waals surface area contributed by atoms with E-state index >= 15 is 0 Å². The number of amidine groups is 1. The van der Waals surface area contributed by atoms with E-state index in [9.17, 15) is 18.0 Å². The maximum Gasteiger partial charge on any atom is 0.416 e. The Labute approximate surface area is 146 Å². The molecule has 5 nitrogen and oxygen atoms in total. The van der Waals surface area contributed by atoms with Crippen molar-refractivity contribution in [1.82, 2.24) is 5.43 Å². The van der Waals surface area contributed by atoms with Gasteiger partial charge in [-0.2, -0.15) is 18.3 Å². The average Bonchev–Trinajstić information content (AvgIpc) is 2.78. The second-order valence-electron chi connectivity index (χ2n) is 5.91. The van der Waals surface area contributed by atoms with Crippen molar-refractivity contribution in [1.29, 1.82) is 0 Å². The minimum atomic E-state index is -4.49. The number of alkyl halides is 3. The number of nitrogens with zero attached hydrogens (tertiary/aromatic N) is 3. The van der Waals surface area contributed by atoms with Crippen molar-refractivity contribution < 1.29 is 18.0 Å². The minimum absolute atomic E-state index is 0.106. The van der Waals surface area contributed by atoms with Gasteiger partial charge in [0, 0.05) is 11.1 Å². The zero-order valence-electron chi connectivity index (χ0n) is 13.4. The molecule has 0 atom stereocenters. The third-order valence-electron chi connectivity index (χ3n) is 4.22. The third-order valence-corrected chi connectivity index (χ3v) is 4.22. The van der Waals surface area contributed by atoms with Crippen LogP contribution in [0.3, 0.4) is 0 Å². The van der Waals surface area contributed by atoms with Crippen molar-refractivity contribution in [3.05, 3.63) is 65.2 Å². The van der Waals surface area contributed by atoms with Gasteiger partial charge in [-0.1, -0.05) is 36.4 Å². The van der Waals surface area contributed by atoms with E-state index in [1.54, 1.807) is 0 Å². The summed E-state index contributed by atoms with van der Waals surface area (Å²) >= 11 is 0. The summed E-state index contributed by atoms with van der Waals surface area (Å²) in [5, 5.41) is 3.97. The van der Waals surface area contributed by atoms with Gasteiger partial charge in [0.05, 0.1) is 23.5 Å². The van der Waals surface area contributed by atoms with Crippen LogP contribution in [0.25, 0.3) is 0 Å². The maximum absolute atomic E-state index is 13.2. The molecule has 2 aliphatic heterocycles. The van der Waals surface area contributed by atoms with Gasteiger partial charge in [-0.25, -0.2) is 5.43 Å². The molecule has 26 heavy (non-hydrogen) atoms. The highest BCUT2D eigenvalue weighted by Gasteiger charge is 2.34. The summed E-state index contributed by atoms with van der Waals surface area (Å²) in [4.78, 5) is 17.8. The first-order valence-electron chi connectivity index (χ1n) is 7.88. The molecule has 2 aromatic rings. The van der Waals surface area contributed by atoms with Gasteiger partial charge in [-0.3, -0.25) is 9.79 Å². The molecule has 0 aromatic heterocycles. The van der Waals surface area contributed by atoms with E-state index < -0.39 is 11.7 Å². The van der Waals surface area contributed by atoms with Crippen molar-refractivity contribution >= 4 is 23.1 Å². The molecule has 0 spiro atoms. The van der Waals surface area contributed by atoms with E-state index in [0.29, 0.717) is 17.1 Å². The van der Waals surface area contributed by atoms with Crippen LogP contribution in [-0.2, 0) is 11.0 Å². The van der Waals surface area contributed by atoms with E-state index in [2.05, 4.69) is 15.5 Å². The molecule has 0 radical (unpaired) electrons. The highest BCUT2D eigenvalue weighted by Crippen LogP contribution is 2.35. The second-order valence-corrected chi connectivity index (χ2v) is 5.91. The molecule has 132 valence electrons. The van der Waals surface area contributed by atoms with E-state index in [0.717, 1.165) is 17.7 Å². The van der Waals surface area contributed by atoms with E-state index in [1.165, 1.54) is 11.0 Å². The normalized spacial score (nSPS) is 16.7. The number of amides is 1. The van der Waals surface area contributed by atoms with Gasteiger partial charge in [0.2, 0.25) is 0 Å². The van der Waals surface area contributed by atoms with Crippen molar-refractivity contribution in [2.24, 2.45) is 10.1 Å². The Hall–Kier alpha value is -3.16. The molecule has 0 saturated heterocycles. The van der Waals surface area contributed by atoms with Crippen LogP contribution in [0.5, 0.6) is 0 Å². The average molecular weight is 358 g/mol. The number of hydrogen-bond acceptors (Lipinski definition) is 4. The van der Waals surface area contributed by atoms with Gasteiger partial charge in [0.15, 0.2) is 5.84 Å². The Morgan fingerprint density at radius 1 is 1.08 bits per heavy atom. The fourth-order valence-electron chi connectivity index (χ4n) is 3.01. The molecule has 2 aromatic carbocycles. The van der Waals surface area contributed by atoms with Crippen LogP contribution in [0.15, 0.2) is 58.6 Å². The Bertz CT molecular complexity index is 935. The fourth-order valence-corrected chi connectivity index (χ4v) is 3.01. The molecule has 1 N–H and O–H groups in total. The first kappa shape index (κ1) is 16.3. The van der Waals surface area contributed by atoms with Gasteiger partial charge >= 0.3 is 6.18 Å². The summed E-state index contributed by atoms with van der Waals surface area (Å²) in [7, 11) is 0. The molecular weight excluding hydrogens is 345 g/mol. The van der Waals surface area contributed by atoms with Crippen LogP contribution in [0.4, 0.5) is 18.9 Å². The third kappa shape index (κ3) is 2.83. The van der Waals surface area contributed by atoms with E-state index in [4.69, 9.17) is 0 Å². The molecule has 0 bridgehead atoms. The number of rotatable bonds is 1. The molecule has 2 aliphatic rings. The molecule has 0 fully saturated rings. The molecule has 0 unspecified atom stereocenters. The predicted molar refractivity (Wildman–Crippen MR) is 91.3 cm³/mol. The van der Waals surface area contributed by atoms with Crippen molar-refractivity contribution in [2.45, 2.75) is 6.18 Å². The number of halogens is 3. The minimum Gasteiger partial charge on any atom is -0.317 e. The SMILES string of the molecule is O=C1CN2C(=NN1)CN=C(c1ccccc1)c1ccc(C(F)(F)F)cc12. The number of hydrazone groups is 1. The number of hydrogen-bond donors (Lipinski definition) is 1. The summed E-state index contributed by atoms with van der Waals surface area (Å²) in [6.45, 7) is 0.0469. The largest absolute Gasteiger partial charge is 0.416 e. The standard InChI is InChI=1S/C18H13F3N4O/c19-18(20,21)12-6-7-13-14(8-12)25-10-16(26)24-23-15(25)9-22-17(13)11-4-2-1-3-5-11/h1-8H,9-10H2,(H,24,26). The lowest BCUT2D eigenvalue weighted by molar-refractivity contribution is -0.137. The summed E-state index contributed by atoms with van der Waals surface area (Å²) in [6.07, 6.45) is -4.49. The van der Waals surface area contributed by atoms with Crippen LogP contribution < -0.4 is 10.3 Å². The molecule has 2 heterocycles. The monoisotopic (exact) mass is 358 g/mol. The predicted octanol–water partition coefficient (Wildman–Crippen LogP) is 2.81. The molecule has 8 heteroatoms. The fraction of sp³-hybridized carbons (Fsp3) is 0.167. The lowest BCUT2D eigenvalue weighted by atomic mass is 9.98. The first-order chi connectivity index (χ1) is 12.4. The Morgan fingerprint density at radius 3 is 2.58 bits per heavy atom. The van der Waals surface area contributed by atoms with Crippen molar-refractivity contribution in [3.63, 3.8) is 0 Å². The topological polar surface area (TPSA) is 57.1 Å². The summed E-state index contributed by atoms with van der Waals surface area (Å²) in [5.74, 6) is 0.0105. The van der Waals surface area contributed by atoms with Gasteiger partial charge < -0.3 is 4.90 Å². The zero-order chi connectivity index (χ0) is 18.3. The summed E-state index contributed by atoms with van der Waals surface area (Å²) < 4.78 is 39.7. The Balaban J connectivity index is 1.93. The molecule has 4 rings (SSSR count). The van der Waals surface area contributed by atoms with Crippen LogP contribution in [-0.4, -0.2) is 30.5 Å². The number of benzene rings is 2. The van der Waals surface area contributed by atoms with Crippen molar-refractivity contribution in [2.75, 3.05) is 18.0 Å². The molecule has 0 aliphatic carbocycles. The van der Waals surface area contributed by atoms with Gasteiger partial charge in [-0.05, 0) is 12.1 Å². The lowest BCUT2D eigenvalue weighted by Gasteiger charge is -2.28. The Kier molecular flexibility index (Phi) is 3.75. The quantitative estimate of drug-likeness (QED) is 0.852. The Morgan fingerprint density at radius 2 is 1.85 bits per heavy atom. The zero-order valence-corrected chi connectivity index (χ0v) is 13.4. The number of anilines is 1. The molecule has 0 saturated carbocycles. The number of nitrogens with one attached hydrogen (secondary N) is 1. The lowest BCUT2D eigenvalue weighted by Crippen LogP contribution is -2.46. The summed E-state index contributed by atoms with van der Waals surface area (Å²) in [6, 6.07) is 12.7. The van der Waals surface area contributed by atoms with Crippen LogP contribution in [0, 0.1) is 0 Å².